The standard InChI is InChI=1S/C26H23N5O3S/c32-25(28-22-7-4-10-24(16-22)35(33,34)30-21-12-13-21)14-11-20-18-31(23-8-2-1-3-9-23)29-26(20)19-6-5-15-27-17-19/h1-11,14-18,21,30H,12-13H2,(H,28,32)/b14-11+. The van der Waals surface area contributed by atoms with Crippen molar-refractivity contribution in [2.75, 3.05) is 5.32 Å². The summed E-state index contributed by atoms with van der Waals surface area (Å²) in [5.74, 6) is -0.390. The minimum absolute atomic E-state index is 0.00648. The molecule has 5 rings (SSSR count). The normalized spacial score (nSPS) is 13.7. The summed E-state index contributed by atoms with van der Waals surface area (Å²) in [6.07, 6.45) is 10.0. The second kappa shape index (κ2) is 9.65. The molecule has 1 amide bonds. The first-order chi connectivity index (χ1) is 17.0. The Bertz CT molecular complexity index is 1480. The van der Waals surface area contributed by atoms with Crippen LogP contribution < -0.4 is 10.0 Å². The van der Waals surface area contributed by atoms with Gasteiger partial charge < -0.3 is 5.32 Å². The maximum atomic E-state index is 12.7. The molecule has 4 aromatic rings. The summed E-state index contributed by atoms with van der Waals surface area (Å²) < 4.78 is 29.3. The fraction of sp³-hybridized carbons (Fsp3) is 0.115. The molecule has 2 aromatic carbocycles. The van der Waals surface area contributed by atoms with Gasteiger partial charge in [0.1, 0.15) is 5.69 Å². The zero-order chi connectivity index (χ0) is 24.3. The third-order valence-electron chi connectivity index (χ3n) is 5.42. The molecule has 0 radical (unpaired) electrons. The average molecular weight is 486 g/mol. The largest absolute Gasteiger partial charge is 0.322 e. The van der Waals surface area contributed by atoms with Gasteiger partial charge in [-0.15, -0.1) is 0 Å². The van der Waals surface area contributed by atoms with E-state index in [9.17, 15) is 13.2 Å². The minimum atomic E-state index is -3.61. The predicted molar refractivity (Wildman–Crippen MR) is 134 cm³/mol. The van der Waals surface area contributed by atoms with Gasteiger partial charge >= 0.3 is 0 Å². The van der Waals surface area contributed by atoms with E-state index in [1.807, 2.05) is 48.7 Å². The van der Waals surface area contributed by atoms with Crippen LogP contribution in [0.1, 0.15) is 18.4 Å². The Kier molecular flexibility index (Phi) is 6.26. The number of amides is 1. The fourth-order valence-electron chi connectivity index (χ4n) is 3.53. The highest BCUT2D eigenvalue weighted by molar-refractivity contribution is 7.89. The van der Waals surface area contributed by atoms with E-state index in [-0.39, 0.29) is 16.8 Å². The number of nitrogens with zero attached hydrogens (tertiary/aromatic N) is 3. The van der Waals surface area contributed by atoms with E-state index in [1.165, 1.54) is 18.2 Å². The number of aromatic nitrogens is 3. The molecule has 176 valence electrons. The first-order valence-electron chi connectivity index (χ1n) is 11.1. The Balaban J connectivity index is 1.37. The lowest BCUT2D eigenvalue weighted by atomic mass is 10.1. The SMILES string of the molecule is O=C(/C=C/c1cn(-c2ccccc2)nc1-c1cccnc1)Nc1cccc(S(=O)(=O)NC2CC2)c1. The Morgan fingerprint density at radius 2 is 1.86 bits per heavy atom. The maximum Gasteiger partial charge on any atom is 0.248 e. The monoisotopic (exact) mass is 485 g/mol. The zero-order valence-electron chi connectivity index (χ0n) is 18.7. The Labute approximate surface area is 203 Å². The summed E-state index contributed by atoms with van der Waals surface area (Å²) >= 11 is 0. The molecular formula is C26H23N5O3S. The van der Waals surface area contributed by atoms with E-state index in [1.54, 1.807) is 35.3 Å². The van der Waals surface area contributed by atoms with Crippen LogP contribution in [0.3, 0.4) is 0 Å². The lowest BCUT2D eigenvalue weighted by molar-refractivity contribution is -0.111. The summed E-state index contributed by atoms with van der Waals surface area (Å²) in [6, 6.07) is 19.6. The smallest absolute Gasteiger partial charge is 0.248 e. The molecule has 1 saturated carbocycles. The van der Waals surface area contributed by atoms with Crippen LogP contribution in [0.25, 0.3) is 23.0 Å². The molecule has 2 N–H and O–H groups in total. The lowest BCUT2D eigenvalue weighted by Gasteiger charge is -2.08. The van der Waals surface area contributed by atoms with Gasteiger partial charge in [0.25, 0.3) is 0 Å². The molecule has 1 aliphatic carbocycles. The van der Waals surface area contributed by atoms with Gasteiger partial charge in [0.15, 0.2) is 0 Å². The summed E-state index contributed by atoms with van der Waals surface area (Å²) in [4.78, 5) is 17.0. The van der Waals surface area contributed by atoms with Crippen LogP contribution in [0, 0.1) is 0 Å². The van der Waals surface area contributed by atoms with E-state index >= 15 is 0 Å². The number of sulfonamides is 1. The van der Waals surface area contributed by atoms with Crippen molar-refractivity contribution in [3.63, 3.8) is 0 Å². The van der Waals surface area contributed by atoms with Gasteiger partial charge in [-0.3, -0.25) is 9.78 Å². The highest BCUT2D eigenvalue weighted by Crippen LogP contribution is 2.25. The molecule has 0 spiro atoms. The highest BCUT2D eigenvalue weighted by atomic mass is 32.2. The number of anilines is 1. The van der Waals surface area contributed by atoms with E-state index < -0.39 is 10.0 Å². The van der Waals surface area contributed by atoms with Crippen molar-refractivity contribution in [1.29, 1.82) is 0 Å². The zero-order valence-corrected chi connectivity index (χ0v) is 19.5. The van der Waals surface area contributed by atoms with Crippen molar-refractivity contribution in [2.24, 2.45) is 0 Å². The second-order valence-electron chi connectivity index (χ2n) is 8.20. The molecule has 0 bridgehead atoms. The Morgan fingerprint density at radius 3 is 2.60 bits per heavy atom. The van der Waals surface area contributed by atoms with Crippen LogP contribution in [0.5, 0.6) is 0 Å². The molecule has 9 heteroatoms. The molecule has 0 unspecified atom stereocenters. The van der Waals surface area contributed by atoms with Gasteiger partial charge in [-0.2, -0.15) is 5.10 Å². The van der Waals surface area contributed by atoms with E-state index in [2.05, 4.69) is 15.0 Å². The third-order valence-corrected chi connectivity index (χ3v) is 6.94. The van der Waals surface area contributed by atoms with Crippen LogP contribution in [0.2, 0.25) is 0 Å². The number of hydrogen-bond acceptors (Lipinski definition) is 5. The van der Waals surface area contributed by atoms with Gasteiger partial charge in [0.2, 0.25) is 15.9 Å². The number of rotatable bonds is 8. The van der Waals surface area contributed by atoms with Crippen LogP contribution in [0.15, 0.2) is 96.3 Å². The number of carbonyl (C=O) groups excluding carboxylic acids is 1. The Morgan fingerprint density at radius 1 is 1.03 bits per heavy atom. The molecule has 0 aliphatic heterocycles. The van der Waals surface area contributed by atoms with E-state index in [0.717, 1.165) is 29.7 Å². The van der Waals surface area contributed by atoms with Crippen molar-refractivity contribution in [3.05, 3.63) is 97.0 Å². The number of para-hydroxylation sites is 1. The van der Waals surface area contributed by atoms with Crippen LogP contribution in [-0.4, -0.2) is 35.1 Å². The quantitative estimate of drug-likeness (QED) is 0.367. The van der Waals surface area contributed by atoms with E-state index in [0.29, 0.717) is 11.4 Å². The summed E-state index contributed by atoms with van der Waals surface area (Å²) in [5, 5.41) is 7.43. The second-order valence-corrected chi connectivity index (χ2v) is 9.91. The number of nitrogens with one attached hydrogen (secondary N) is 2. The molecule has 1 aliphatic rings. The number of benzene rings is 2. The van der Waals surface area contributed by atoms with Crippen LogP contribution in [0.4, 0.5) is 5.69 Å². The van der Waals surface area contributed by atoms with E-state index in [4.69, 9.17) is 5.10 Å². The topological polar surface area (TPSA) is 106 Å². The van der Waals surface area contributed by atoms with Gasteiger partial charge in [-0.25, -0.2) is 17.8 Å². The number of pyridine rings is 1. The molecule has 1 fully saturated rings. The molecule has 0 atom stereocenters. The molecular weight excluding hydrogens is 462 g/mol. The molecule has 2 heterocycles. The van der Waals surface area contributed by atoms with Crippen molar-refractivity contribution in [1.82, 2.24) is 19.5 Å². The van der Waals surface area contributed by atoms with Crippen LogP contribution in [-0.2, 0) is 14.8 Å². The van der Waals surface area contributed by atoms with Crippen molar-refractivity contribution in [3.8, 4) is 16.9 Å². The maximum absolute atomic E-state index is 12.7. The van der Waals surface area contributed by atoms with Crippen molar-refractivity contribution in [2.45, 2.75) is 23.8 Å². The van der Waals surface area contributed by atoms with Gasteiger partial charge in [0, 0.05) is 47.5 Å². The summed E-state index contributed by atoms with van der Waals surface area (Å²) in [5.41, 5.74) is 3.53. The fourth-order valence-corrected chi connectivity index (χ4v) is 4.88. The number of carbonyl (C=O) groups is 1. The van der Waals surface area contributed by atoms with Crippen molar-refractivity contribution >= 4 is 27.7 Å². The average Bonchev–Trinajstić information content (AvgIpc) is 3.57. The summed E-state index contributed by atoms with van der Waals surface area (Å²) in [7, 11) is -3.61. The van der Waals surface area contributed by atoms with Gasteiger partial charge in [-0.1, -0.05) is 24.3 Å². The molecule has 2 aromatic heterocycles. The number of hydrogen-bond donors (Lipinski definition) is 2. The minimum Gasteiger partial charge on any atom is -0.322 e. The van der Waals surface area contributed by atoms with Gasteiger partial charge in [0.05, 0.1) is 10.6 Å². The summed E-state index contributed by atoms with van der Waals surface area (Å²) in [6.45, 7) is 0. The highest BCUT2D eigenvalue weighted by Gasteiger charge is 2.28. The first kappa shape index (κ1) is 22.7. The van der Waals surface area contributed by atoms with Crippen LogP contribution >= 0.6 is 0 Å². The lowest BCUT2D eigenvalue weighted by Crippen LogP contribution is -2.25. The van der Waals surface area contributed by atoms with Crippen molar-refractivity contribution < 1.29 is 13.2 Å². The van der Waals surface area contributed by atoms with Gasteiger partial charge in [-0.05, 0) is 61.4 Å². The third kappa shape index (κ3) is 5.53. The predicted octanol–water partition coefficient (Wildman–Crippen LogP) is 4.03. The Hall–Kier alpha value is -4.08. The molecule has 0 saturated heterocycles. The molecule has 35 heavy (non-hydrogen) atoms. The first-order valence-corrected chi connectivity index (χ1v) is 12.6. The molecule has 8 nitrogen and oxygen atoms in total.